The van der Waals surface area contributed by atoms with Crippen LogP contribution in [0.3, 0.4) is 0 Å². The van der Waals surface area contributed by atoms with Crippen molar-refractivity contribution in [2.45, 2.75) is 26.3 Å². The molecule has 0 amide bonds. The topological polar surface area (TPSA) is 82.1 Å². The average molecular weight is 511 g/mol. The first kappa shape index (κ1) is 27.0. The number of nitrogens with one attached hydrogen (secondary N) is 2. The third-order valence-electron chi connectivity index (χ3n) is 6.24. The molecule has 3 aromatic heterocycles. The van der Waals surface area contributed by atoms with E-state index in [9.17, 15) is 0 Å². The Morgan fingerprint density at radius 2 is 1.68 bits per heavy atom. The molecule has 4 aromatic rings. The van der Waals surface area contributed by atoms with E-state index in [0.29, 0.717) is 0 Å². The van der Waals surface area contributed by atoms with Gasteiger partial charge < -0.3 is 20.4 Å². The molecule has 2 N–H and O–H groups in total. The standard InChI is InChI=1S/C18H21N5.C12H17N3/c1-18(2,3)23-17-11-20-10-15(22-17)12-5-6-13-9-21-16(19-4)8-14(13)7-12;1-3-11-4-5-13-12(10-11)15-8-6-14(2)7-9-15/h5-11H,1-4H3,(H,19,21)(H,22,23);3-5,10H,1,6-9H2,2H3. The fraction of sp³-hybridized carbons (Fsp3) is 0.333. The van der Waals surface area contributed by atoms with E-state index < -0.39 is 0 Å². The summed E-state index contributed by atoms with van der Waals surface area (Å²) < 4.78 is 0. The van der Waals surface area contributed by atoms with Crippen LogP contribution < -0.4 is 15.5 Å². The van der Waals surface area contributed by atoms with Crippen LogP contribution in [0.25, 0.3) is 28.1 Å². The van der Waals surface area contributed by atoms with Crippen molar-refractivity contribution >= 4 is 34.3 Å². The molecular formula is C30H38N8. The quantitative estimate of drug-likeness (QED) is 0.368. The highest BCUT2D eigenvalue weighted by Gasteiger charge is 2.15. The lowest BCUT2D eigenvalue weighted by Gasteiger charge is -2.33. The van der Waals surface area contributed by atoms with E-state index in [0.717, 1.165) is 71.2 Å². The van der Waals surface area contributed by atoms with Crippen LogP contribution in [0.1, 0.15) is 26.3 Å². The number of rotatable bonds is 5. The van der Waals surface area contributed by atoms with Crippen molar-refractivity contribution in [1.82, 2.24) is 24.8 Å². The van der Waals surface area contributed by atoms with Crippen molar-refractivity contribution in [2.75, 3.05) is 55.8 Å². The smallest absolute Gasteiger partial charge is 0.145 e. The Kier molecular flexibility index (Phi) is 8.53. The number of benzene rings is 1. The number of fused-ring (bicyclic) bond motifs is 1. The number of anilines is 3. The molecule has 1 fully saturated rings. The van der Waals surface area contributed by atoms with E-state index in [1.54, 1.807) is 12.4 Å². The van der Waals surface area contributed by atoms with Crippen LogP contribution in [0.5, 0.6) is 0 Å². The lowest BCUT2D eigenvalue weighted by atomic mass is 10.1. The molecule has 0 bridgehead atoms. The molecular weight excluding hydrogens is 472 g/mol. The number of nitrogens with zero attached hydrogens (tertiary/aromatic N) is 6. The minimum absolute atomic E-state index is 0.0515. The van der Waals surface area contributed by atoms with Gasteiger partial charge in [-0.1, -0.05) is 24.8 Å². The lowest BCUT2D eigenvalue weighted by Crippen LogP contribution is -2.44. The summed E-state index contributed by atoms with van der Waals surface area (Å²) in [5, 5.41) is 8.64. The molecule has 0 spiro atoms. The van der Waals surface area contributed by atoms with Gasteiger partial charge in [0.05, 0.1) is 18.1 Å². The number of pyridine rings is 2. The molecule has 0 unspecified atom stereocenters. The molecule has 8 heteroatoms. The molecule has 0 radical (unpaired) electrons. The van der Waals surface area contributed by atoms with E-state index in [2.05, 4.69) is 93.0 Å². The summed E-state index contributed by atoms with van der Waals surface area (Å²) in [4.78, 5) is 22.4. The summed E-state index contributed by atoms with van der Waals surface area (Å²) >= 11 is 0. The number of likely N-dealkylation sites (N-methyl/N-ethyl adjacent to an activating group) is 1. The van der Waals surface area contributed by atoms with Crippen LogP contribution in [0, 0.1) is 0 Å². The Morgan fingerprint density at radius 3 is 2.39 bits per heavy atom. The highest BCUT2D eigenvalue weighted by atomic mass is 15.3. The molecule has 1 aromatic carbocycles. The van der Waals surface area contributed by atoms with Crippen molar-refractivity contribution in [3.8, 4) is 11.3 Å². The van der Waals surface area contributed by atoms with Gasteiger partial charge in [-0.2, -0.15) is 0 Å². The van der Waals surface area contributed by atoms with Crippen molar-refractivity contribution in [1.29, 1.82) is 0 Å². The SMILES string of the molecule is C=Cc1ccnc(N2CCN(C)CC2)c1.CNc1cc2cc(-c3cncc(NC(C)(C)C)n3)ccc2cn1. The van der Waals surface area contributed by atoms with Crippen molar-refractivity contribution < 1.29 is 0 Å². The molecule has 8 nitrogen and oxygen atoms in total. The Hall–Kier alpha value is -4.04. The van der Waals surface area contributed by atoms with Gasteiger partial charge in [0.1, 0.15) is 17.5 Å². The Morgan fingerprint density at radius 1 is 0.895 bits per heavy atom. The second-order valence-corrected chi connectivity index (χ2v) is 10.5. The van der Waals surface area contributed by atoms with Crippen LogP contribution >= 0.6 is 0 Å². The molecule has 0 saturated carbocycles. The molecule has 1 aliphatic heterocycles. The van der Waals surface area contributed by atoms with E-state index >= 15 is 0 Å². The zero-order valence-corrected chi connectivity index (χ0v) is 23.1. The first-order valence-corrected chi connectivity index (χ1v) is 12.9. The van der Waals surface area contributed by atoms with Crippen LogP contribution in [0.2, 0.25) is 0 Å². The third-order valence-corrected chi connectivity index (χ3v) is 6.24. The summed E-state index contributed by atoms with van der Waals surface area (Å²) in [7, 11) is 4.02. The first-order chi connectivity index (χ1) is 18.2. The van der Waals surface area contributed by atoms with E-state index in [1.807, 2.05) is 43.7 Å². The van der Waals surface area contributed by atoms with Gasteiger partial charge in [0.2, 0.25) is 0 Å². The number of aromatic nitrogens is 4. The number of hydrogen-bond acceptors (Lipinski definition) is 8. The van der Waals surface area contributed by atoms with Gasteiger partial charge in [0, 0.05) is 62.1 Å². The lowest BCUT2D eigenvalue weighted by molar-refractivity contribution is 0.312. The molecule has 38 heavy (non-hydrogen) atoms. The normalized spacial score (nSPS) is 14.0. The van der Waals surface area contributed by atoms with Crippen LogP contribution in [-0.4, -0.2) is 70.6 Å². The van der Waals surface area contributed by atoms with Gasteiger partial charge in [-0.3, -0.25) is 4.98 Å². The predicted octanol–water partition coefficient (Wildman–Crippen LogP) is 5.42. The molecule has 4 heterocycles. The Balaban J connectivity index is 0.000000194. The second kappa shape index (κ2) is 12.0. The van der Waals surface area contributed by atoms with Gasteiger partial charge in [-0.25, -0.2) is 15.0 Å². The molecule has 0 atom stereocenters. The molecule has 198 valence electrons. The fourth-order valence-electron chi connectivity index (χ4n) is 4.16. The molecule has 5 rings (SSSR count). The minimum atomic E-state index is -0.0515. The van der Waals surface area contributed by atoms with Crippen LogP contribution in [0.15, 0.2) is 67.8 Å². The summed E-state index contributed by atoms with van der Waals surface area (Å²) in [5.74, 6) is 2.70. The average Bonchev–Trinajstić information content (AvgIpc) is 2.92. The third kappa shape index (κ3) is 7.26. The largest absolute Gasteiger partial charge is 0.373 e. The van der Waals surface area contributed by atoms with E-state index in [1.165, 1.54) is 0 Å². The summed E-state index contributed by atoms with van der Waals surface area (Å²) in [6.45, 7) is 14.4. The maximum absolute atomic E-state index is 4.67. The minimum Gasteiger partial charge on any atom is -0.373 e. The Bertz CT molecular complexity index is 1370. The molecule has 0 aliphatic carbocycles. The van der Waals surface area contributed by atoms with Gasteiger partial charge in [-0.05, 0) is 63.0 Å². The van der Waals surface area contributed by atoms with Gasteiger partial charge in [0.25, 0.3) is 0 Å². The molecule has 1 saturated heterocycles. The highest BCUT2D eigenvalue weighted by Crippen LogP contribution is 2.25. The monoisotopic (exact) mass is 510 g/mol. The van der Waals surface area contributed by atoms with Crippen molar-refractivity contribution in [3.05, 3.63) is 73.3 Å². The van der Waals surface area contributed by atoms with Gasteiger partial charge in [0.15, 0.2) is 0 Å². The summed E-state index contributed by atoms with van der Waals surface area (Å²) in [6, 6.07) is 12.3. The summed E-state index contributed by atoms with van der Waals surface area (Å²) in [5.41, 5.74) is 2.98. The maximum atomic E-state index is 4.67. The first-order valence-electron chi connectivity index (χ1n) is 12.9. The van der Waals surface area contributed by atoms with Gasteiger partial charge >= 0.3 is 0 Å². The zero-order valence-electron chi connectivity index (χ0n) is 23.1. The highest BCUT2D eigenvalue weighted by molar-refractivity contribution is 5.88. The van der Waals surface area contributed by atoms with Crippen LogP contribution in [0.4, 0.5) is 17.5 Å². The number of hydrogen-bond donors (Lipinski definition) is 2. The fourth-order valence-corrected chi connectivity index (χ4v) is 4.16. The Labute approximate surface area is 225 Å². The zero-order chi connectivity index (χ0) is 27.1. The van der Waals surface area contributed by atoms with Crippen molar-refractivity contribution in [3.63, 3.8) is 0 Å². The van der Waals surface area contributed by atoms with Crippen molar-refractivity contribution in [2.24, 2.45) is 0 Å². The number of piperazine rings is 1. The van der Waals surface area contributed by atoms with Gasteiger partial charge in [-0.15, -0.1) is 0 Å². The summed E-state index contributed by atoms with van der Waals surface area (Å²) in [6.07, 6.45) is 9.12. The van der Waals surface area contributed by atoms with E-state index in [-0.39, 0.29) is 5.54 Å². The predicted molar refractivity (Wildman–Crippen MR) is 160 cm³/mol. The second-order valence-electron chi connectivity index (χ2n) is 10.5. The maximum Gasteiger partial charge on any atom is 0.145 e. The molecule has 1 aliphatic rings. The van der Waals surface area contributed by atoms with E-state index in [4.69, 9.17) is 0 Å². The van der Waals surface area contributed by atoms with Crippen LogP contribution in [-0.2, 0) is 0 Å².